The van der Waals surface area contributed by atoms with E-state index in [2.05, 4.69) is 9.97 Å². The van der Waals surface area contributed by atoms with Gasteiger partial charge in [-0.1, -0.05) is 0 Å². The van der Waals surface area contributed by atoms with Crippen LogP contribution in [-0.4, -0.2) is 24.9 Å². The number of benzene rings is 4. The number of hydrogen-bond donors (Lipinski definition) is 0. The van der Waals surface area contributed by atoms with E-state index in [1.807, 2.05) is 24.3 Å². The summed E-state index contributed by atoms with van der Waals surface area (Å²) in [6.07, 6.45) is 3.57. The van der Waals surface area contributed by atoms with Crippen LogP contribution in [0.3, 0.4) is 0 Å². The van der Waals surface area contributed by atoms with Gasteiger partial charge in [-0.15, -0.1) is 0 Å². The fraction of sp³-hybridized carbons (Fsp3) is 0.0606. The normalized spacial score (nSPS) is 11.0. The zero-order valence-corrected chi connectivity index (χ0v) is 22.7. The molecule has 2 aromatic heterocycles. The third-order valence-corrected chi connectivity index (χ3v) is 6.56. The van der Waals surface area contributed by atoms with Gasteiger partial charge in [0.15, 0.2) is 11.6 Å². The second-order valence-electron chi connectivity index (χ2n) is 9.61. The number of hydrogen-bond acceptors (Lipinski definition) is 5. The van der Waals surface area contributed by atoms with Gasteiger partial charge in [-0.05, 0) is 97.1 Å². The molecule has 6 rings (SSSR count). The molecular formula is C33H24F2N4O3. The summed E-state index contributed by atoms with van der Waals surface area (Å²) in [5.41, 5.74) is 2.86. The average Bonchev–Trinajstić information content (AvgIpc) is 3.58. The fourth-order valence-corrected chi connectivity index (χ4v) is 4.40. The molecule has 0 amide bonds. The lowest BCUT2D eigenvalue weighted by Crippen LogP contribution is -2.13. The van der Waals surface area contributed by atoms with E-state index >= 15 is 0 Å². The van der Waals surface area contributed by atoms with Crippen molar-refractivity contribution in [2.75, 3.05) is 0 Å². The van der Waals surface area contributed by atoms with Gasteiger partial charge in [0.25, 0.3) is 5.78 Å². The molecule has 6 aromatic rings. The highest BCUT2D eigenvalue weighted by Crippen LogP contribution is 2.28. The number of imidazole rings is 2. The van der Waals surface area contributed by atoms with E-state index in [0.717, 1.165) is 11.1 Å². The molecule has 0 aliphatic rings. The number of aryl methyl sites for hydroxylation is 2. The van der Waals surface area contributed by atoms with Gasteiger partial charge in [-0.3, -0.25) is 4.79 Å². The van der Waals surface area contributed by atoms with Crippen LogP contribution in [0.4, 0.5) is 8.78 Å². The zero-order chi connectivity index (χ0) is 29.2. The standard InChI is InChI=1S/C33H24F2N4O3/c1-38-19-29(21-3-11-25(12-4-21)41-27-15-7-23(34)8-16-27)36-32(38)31(40)33-37-30(20-39(33)2)22-5-13-26(14-6-22)42-28-17-9-24(35)10-18-28/h3-20H,1-2H3. The van der Waals surface area contributed by atoms with Gasteiger partial charge < -0.3 is 18.6 Å². The Morgan fingerprint density at radius 3 is 1.19 bits per heavy atom. The Kier molecular flexibility index (Phi) is 7.06. The predicted octanol–water partition coefficient (Wildman–Crippen LogP) is 7.58. The number of carbonyl (C=O) groups excluding carboxylic acids is 1. The van der Waals surface area contributed by atoms with E-state index in [9.17, 15) is 13.6 Å². The van der Waals surface area contributed by atoms with Crippen LogP contribution in [0, 0.1) is 11.6 Å². The Hall–Kier alpha value is -5.57. The number of ether oxygens (including phenoxy) is 2. The summed E-state index contributed by atoms with van der Waals surface area (Å²) in [5.74, 6) is 1.76. The Morgan fingerprint density at radius 2 is 0.857 bits per heavy atom. The van der Waals surface area contributed by atoms with Crippen molar-refractivity contribution in [3.05, 3.63) is 133 Å². The van der Waals surface area contributed by atoms with Gasteiger partial charge in [0.2, 0.25) is 0 Å². The van der Waals surface area contributed by atoms with Gasteiger partial charge in [-0.25, -0.2) is 18.7 Å². The highest BCUT2D eigenvalue weighted by molar-refractivity contribution is 6.05. The van der Waals surface area contributed by atoms with Crippen molar-refractivity contribution >= 4 is 5.78 Å². The van der Waals surface area contributed by atoms with Crippen molar-refractivity contribution in [3.8, 4) is 45.5 Å². The number of aromatic nitrogens is 4. The summed E-state index contributed by atoms with van der Waals surface area (Å²) < 4.78 is 41.2. The lowest BCUT2D eigenvalue weighted by molar-refractivity contribution is 0.101. The Balaban J connectivity index is 1.17. The van der Waals surface area contributed by atoms with E-state index in [-0.39, 0.29) is 29.1 Å². The third kappa shape index (κ3) is 5.66. The highest BCUT2D eigenvalue weighted by atomic mass is 19.1. The molecule has 0 aliphatic heterocycles. The quantitative estimate of drug-likeness (QED) is 0.179. The first-order valence-electron chi connectivity index (χ1n) is 13.0. The molecule has 0 aliphatic carbocycles. The van der Waals surface area contributed by atoms with Gasteiger partial charge in [0, 0.05) is 37.6 Å². The van der Waals surface area contributed by atoms with Crippen LogP contribution in [0.1, 0.15) is 16.4 Å². The summed E-state index contributed by atoms with van der Waals surface area (Å²) >= 11 is 0. The SMILES string of the molecule is Cn1cc(-c2ccc(Oc3ccc(F)cc3)cc2)nc1C(=O)c1nc(-c2ccc(Oc3ccc(F)cc3)cc2)cn1C. The Bertz CT molecular complexity index is 1720. The van der Waals surface area contributed by atoms with Crippen LogP contribution in [0.5, 0.6) is 23.0 Å². The zero-order valence-electron chi connectivity index (χ0n) is 22.7. The maximum atomic E-state index is 13.5. The van der Waals surface area contributed by atoms with E-state index in [0.29, 0.717) is 34.4 Å². The van der Waals surface area contributed by atoms with Crippen LogP contribution in [0.15, 0.2) is 109 Å². The first kappa shape index (κ1) is 26.6. The summed E-state index contributed by atoms with van der Waals surface area (Å²) in [5, 5.41) is 0. The fourth-order valence-electron chi connectivity index (χ4n) is 4.40. The van der Waals surface area contributed by atoms with E-state index in [1.54, 1.807) is 84.2 Å². The maximum absolute atomic E-state index is 13.5. The topological polar surface area (TPSA) is 71.2 Å². The smallest absolute Gasteiger partial charge is 0.263 e. The molecule has 0 atom stereocenters. The Labute approximate surface area is 240 Å². The van der Waals surface area contributed by atoms with Crippen molar-refractivity contribution < 1.29 is 23.0 Å². The molecule has 2 heterocycles. The van der Waals surface area contributed by atoms with Gasteiger partial charge in [0.1, 0.15) is 34.6 Å². The number of rotatable bonds is 8. The lowest BCUT2D eigenvalue weighted by Gasteiger charge is -2.06. The molecule has 42 heavy (non-hydrogen) atoms. The first-order valence-corrected chi connectivity index (χ1v) is 13.0. The number of ketones is 1. The van der Waals surface area contributed by atoms with Gasteiger partial charge >= 0.3 is 0 Å². The maximum Gasteiger partial charge on any atom is 0.263 e. The largest absolute Gasteiger partial charge is 0.457 e. The van der Waals surface area contributed by atoms with Crippen LogP contribution >= 0.6 is 0 Å². The third-order valence-electron chi connectivity index (χ3n) is 6.56. The average molecular weight is 563 g/mol. The highest BCUT2D eigenvalue weighted by Gasteiger charge is 2.22. The predicted molar refractivity (Wildman–Crippen MR) is 154 cm³/mol. The van der Waals surface area contributed by atoms with E-state index in [1.165, 1.54) is 24.3 Å². The second kappa shape index (κ2) is 11.1. The van der Waals surface area contributed by atoms with Crippen molar-refractivity contribution in [2.24, 2.45) is 14.1 Å². The van der Waals surface area contributed by atoms with Crippen LogP contribution in [-0.2, 0) is 14.1 Å². The lowest BCUT2D eigenvalue weighted by atomic mass is 10.1. The molecule has 7 nitrogen and oxygen atoms in total. The van der Waals surface area contributed by atoms with Crippen molar-refractivity contribution in [1.82, 2.24) is 19.1 Å². The van der Waals surface area contributed by atoms with Crippen molar-refractivity contribution in [1.29, 1.82) is 0 Å². The molecule has 0 bridgehead atoms. The molecule has 208 valence electrons. The molecule has 4 aromatic carbocycles. The van der Waals surface area contributed by atoms with Crippen molar-refractivity contribution in [3.63, 3.8) is 0 Å². The Morgan fingerprint density at radius 1 is 0.548 bits per heavy atom. The summed E-state index contributed by atoms with van der Waals surface area (Å²) in [4.78, 5) is 22.7. The molecular weight excluding hydrogens is 538 g/mol. The van der Waals surface area contributed by atoms with Gasteiger partial charge in [-0.2, -0.15) is 0 Å². The second-order valence-corrected chi connectivity index (χ2v) is 9.61. The minimum absolute atomic E-state index is 0.250. The number of nitrogens with zero attached hydrogens (tertiary/aromatic N) is 4. The minimum Gasteiger partial charge on any atom is -0.457 e. The number of carbonyl (C=O) groups is 1. The monoisotopic (exact) mass is 562 g/mol. The summed E-state index contributed by atoms with van der Waals surface area (Å²) in [6, 6.07) is 26.1. The number of halogens is 2. The minimum atomic E-state index is -0.330. The van der Waals surface area contributed by atoms with Crippen LogP contribution in [0.25, 0.3) is 22.5 Å². The van der Waals surface area contributed by atoms with E-state index in [4.69, 9.17) is 9.47 Å². The van der Waals surface area contributed by atoms with Crippen LogP contribution in [0.2, 0.25) is 0 Å². The molecule has 0 radical (unpaired) electrons. The molecule has 0 fully saturated rings. The van der Waals surface area contributed by atoms with Crippen LogP contribution < -0.4 is 9.47 Å². The first-order chi connectivity index (χ1) is 20.3. The van der Waals surface area contributed by atoms with E-state index < -0.39 is 0 Å². The molecule has 0 spiro atoms. The van der Waals surface area contributed by atoms with Gasteiger partial charge in [0.05, 0.1) is 11.4 Å². The molecule has 0 unspecified atom stereocenters. The molecule has 9 heteroatoms. The molecule has 0 N–H and O–H groups in total. The molecule has 0 saturated carbocycles. The summed E-state index contributed by atoms with van der Waals surface area (Å²) in [6.45, 7) is 0. The summed E-state index contributed by atoms with van der Waals surface area (Å²) in [7, 11) is 3.53. The van der Waals surface area contributed by atoms with Crippen molar-refractivity contribution in [2.45, 2.75) is 0 Å². The molecule has 0 saturated heterocycles.